The van der Waals surface area contributed by atoms with Gasteiger partial charge in [-0.3, -0.25) is 4.79 Å². The average molecular weight is 410 g/mol. The first-order valence-electron chi connectivity index (χ1n) is 10.1. The van der Waals surface area contributed by atoms with Crippen LogP contribution in [0.5, 0.6) is 5.75 Å². The minimum atomic E-state index is -0.400. The lowest BCUT2D eigenvalue weighted by atomic mass is 10.2. The number of likely N-dealkylation sites (N-methyl/N-ethyl adjacent to an activating group) is 1. The third kappa shape index (κ3) is 5.45. The number of nitrogens with zero attached hydrogens (tertiary/aromatic N) is 3. The maximum atomic E-state index is 13.9. The van der Waals surface area contributed by atoms with Crippen LogP contribution in [0.1, 0.15) is 29.9 Å². The van der Waals surface area contributed by atoms with Crippen LogP contribution in [0.4, 0.5) is 4.39 Å². The van der Waals surface area contributed by atoms with Gasteiger partial charge in [0.1, 0.15) is 23.9 Å². The van der Waals surface area contributed by atoms with Crippen molar-refractivity contribution in [1.82, 2.24) is 20.0 Å². The van der Waals surface area contributed by atoms with Crippen LogP contribution in [-0.4, -0.2) is 46.8 Å². The van der Waals surface area contributed by atoms with E-state index in [1.165, 1.54) is 10.7 Å². The largest absolute Gasteiger partial charge is 0.492 e. The minimum absolute atomic E-state index is 0.221. The number of halogens is 1. The van der Waals surface area contributed by atoms with Crippen molar-refractivity contribution in [2.24, 2.45) is 0 Å². The maximum absolute atomic E-state index is 13.9. The zero-order chi connectivity index (χ0) is 21.3. The molecule has 2 aromatic carbocycles. The maximum Gasteiger partial charge on any atom is 0.272 e. The first-order valence-corrected chi connectivity index (χ1v) is 10.1. The van der Waals surface area contributed by atoms with E-state index >= 15 is 0 Å². The van der Waals surface area contributed by atoms with Crippen LogP contribution in [0, 0.1) is 5.82 Å². The van der Waals surface area contributed by atoms with Crippen LogP contribution in [0.25, 0.3) is 5.69 Å². The summed E-state index contributed by atoms with van der Waals surface area (Å²) in [7, 11) is 0. The number of ether oxygens (including phenoxy) is 1. The van der Waals surface area contributed by atoms with Gasteiger partial charge in [0.2, 0.25) is 0 Å². The molecule has 6 nitrogen and oxygen atoms in total. The molecule has 0 aliphatic carbocycles. The van der Waals surface area contributed by atoms with E-state index in [-0.39, 0.29) is 11.6 Å². The van der Waals surface area contributed by atoms with Gasteiger partial charge in [-0.05, 0) is 37.4 Å². The highest BCUT2D eigenvalue weighted by Crippen LogP contribution is 2.18. The van der Waals surface area contributed by atoms with E-state index < -0.39 is 5.82 Å². The summed E-state index contributed by atoms with van der Waals surface area (Å²) < 4.78 is 21.2. The number of rotatable bonds is 10. The van der Waals surface area contributed by atoms with Gasteiger partial charge < -0.3 is 15.0 Å². The van der Waals surface area contributed by atoms with E-state index in [1.807, 2.05) is 24.3 Å². The molecule has 1 N–H and O–H groups in total. The molecule has 0 aliphatic heterocycles. The third-order valence-corrected chi connectivity index (χ3v) is 4.89. The van der Waals surface area contributed by atoms with Crippen LogP contribution in [0.3, 0.4) is 0 Å². The van der Waals surface area contributed by atoms with Crippen molar-refractivity contribution < 1.29 is 13.9 Å². The Morgan fingerprint density at radius 1 is 1.10 bits per heavy atom. The van der Waals surface area contributed by atoms with Gasteiger partial charge in [0.25, 0.3) is 5.91 Å². The molecular formula is C23H27FN4O2. The summed E-state index contributed by atoms with van der Waals surface area (Å²) in [5.74, 6) is 0.0215. The number of amides is 1. The fourth-order valence-electron chi connectivity index (χ4n) is 3.10. The van der Waals surface area contributed by atoms with Crippen LogP contribution >= 0.6 is 0 Å². The molecule has 3 aromatic rings. The summed E-state index contributed by atoms with van der Waals surface area (Å²) >= 11 is 0. The van der Waals surface area contributed by atoms with E-state index in [0.717, 1.165) is 30.9 Å². The third-order valence-electron chi connectivity index (χ3n) is 4.89. The molecule has 1 aromatic heterocycles. The van der Waals surface area contributed by atoms with Crippen LogP contribution in [0.15, 0.2) is 60.8 Å². The standard InChI is InChI=1S/C23H27FN4O2/c1-3-27(4-2)15-16-30-22-12-8-5-9-18(22)17-25-23(29)20-13-14-28(26-20)21-11-7-6-10-19(21)24/h5-14H,3-4,15-17H2,1-2H3,(H,25,29). The first-order chi connectivity index (χ1) is 14.6. The van der Waals surface area contributed by atoms with E-state index in [1.54, 1.807) is 30.5 Å². The summed E-state index contributed by atoms with van der Waals surface area (Å²) in [6.07, 6.45) is 1.57. The molecule has 0 radical (unpaired) electrons. The number of hydrogen-bond donors (Lipinski definition) is 1. The molecule has 1 heterocycles. The molecule has 3 rings (SSSR count). The normalized spacial score (nSPS) is 10.9. The second kappa shape index (κ2) is 10.5. The van der Waals surface area contributed by atoms with Crippen LogP contribution < -0.4 is 10.1 Å². The lowest BCUT2D eigenvalue weighted by Crippen LogP contribution is -2.28. The summed E-state index contributed by atoms with van der Waals surface area (Å²) in [4.78, 5) is 14.8. The SMILES string of the molecule is CCN(CC)CCOc1ccccc1CNC(=O)c1ccn(-c2ccccc2F)n1. The zero-order valence-electron chi connectivity index (χ0n) is 17.3. The highest BCUT2D eigenvalue weighted by molar-refractivity contribution is 5.92. The topological polar surface area (TPSA) is 59.4 Å². The number of nitrogens with one attached hydrogen (secondary N) is 1. The molecule has 0 bridgehead atoms. The summed E-state index contributed by atoms with van der Waals surface area (Å²) in [6, 6.07) is 15.5. The number of aromatic nitrogens is 2. The molecule has 0 atom stereocenters. The molecule has 0 spiro atoms. The van der Waals surface area contributed by atoms with Crippen LogP contribution in [-0.2, 0) is 6.54 Å². The molecule has 1 amide bonds. The van der Waals surface area contributed by atoms with Gasteiger partial charge in [0.15, 0.2) is 5.69 Å². The van der Waals surface area contributed by atoms with Gasteiger partial charge in [0, 0.05) is 24.8 Å². The Morgan fingerprint density at radius 2 is 1.83 bits per heavy atom. The highest BCUT2D eigenvalue weighted by atomic mass is 19.1. The fourth-order valence-corrected chi connectivity index (χ4v) is 3.10. The van der Waals surface area contributed by atoms with Gasteiger partial charge in [-0.25, -0.2) is 9.07 Å². The van der Waals surface area contributed by atoms with E-state index in [9.17, 15) is 9.18 Å². The molecule has 0 aliphatic rings. The second-order valence-corrected chi connectivity index (χ2v) is 6.76. The zero-order valence-corrected chi connectivity index (χ0v) is 17.3. The Morgan fingerprint density at radius 3 is 2.60 bits per heavy atom. The predicted octanol–water partition coefficient (Wildman–Crippen LogP) is 3.66. The molecule has 30 heavy (non-hydrogen) atoms. The summed E-state index contributed by atoms with van der Waals surface area (Å²) in [6.45, 7) is 7.96. The molecule has 0 saturated heterocycles. The number of benzene rings is 2. The lowest BCUT2D eigenvalue weighted by Gasteiger charge is -2.19. The van der Waals surface area contributed by atoms with Gasteiger partial charge in [0.05, 0.1) is 0 Å². The number of para-hydroxylation sites is 2. The number of carbonyl (C=O) groups is 1. The van der Waals surface area contributed by atoms with Crippen molar-refractivity contribution in [2.75, 3.05) is 26.2 Å². The average Bonchev–Trinajstić information content (AvgIpc) is 3.26. The monoisotopic (exact) mass is 410 g/mol. The van der Waals surface area contributed by atoms with E-state index in [0.29, 0.717) is 18.8 Å². The van der Waals surface area contributed by atoms with Crippen LogP contribution in [0.2, 0.25) is 0 Å². The summed E-state index contributed by atoms with van der Waals surface area (Å²) in [5.41, 5.74) is 1.40. The number of carbonyl (C=O) groups excluding carboxylic acids is 1. The van der Waals surface area contributed by atoms with E-state index in [2.05, 4.69) is 29.2 Å². The predicted molar refractivity (Wildman–Crippen MR) is 114 cm³/mol. The van der Waals surface area contributed by atoms with Crippen molar-refractivity contribution in [3.63, 3.8) is 0 Å². The smallest absolute Gasteiger partial charge is 0.272 e. The molecule has 7 heteroatoms. The Hall–Kier alpha value is -3.19. The van der Waals surface area contributed by atoms with E-state index in [4.69, 9.17) is 4.74 Å². The Balaban J connectivity index is 1.60. The number of hydrogen-bond acceptors (Lipinski definition) is 4. The Labute approximate surface area is 176 Å². The lowest BCUT2D eigenvalue weighted by molar-refractivity contribution is 0.0945. The fraction of sp³-hybridized carbons (Fsp3) is 0.304. The van der Waals surface area contributed by atoms with Crippen molar-refractivity contribution in [3.05, 3.63) is 77.9 Å². The van der Waals surface area contributed by atoms with Gasteiger partial charge in [-0.15, -0.1) is 0 Å². The first kappa shape index (κ1) is 21.5. The highest BCUT2D eigenvalue weighted by Gasteiger charge is 2.13. The van der Waals surface area contributed by atoms with Gasteiger partial charge in [-0.1, -0.05) is 44.2 Å². The van der Waals surface area contributed by atoms with Crippen molar-refractivity contribution in [3.8, 4) is 11.4 Å². The minimum Gasteiger partial charge on any atom is -0.492 e. The van der Waals surface area contributed by atoms with Crippen molar-refractivity contribution in [2.45, 2.75) is 20.4 Å². The molecule has 0 saturated carbocycles. The Bertz CT molecular complexity index is 969. The van der Waals surface area contributed by atoms with Gasteiger partial charge >= 0.3 is 0 Å². The molecule has 0 unspecified atom stereocenters. The van der Waals surface area contributed by atoms with Crippen molar-refractivity contribution in [1.29, 1.82) is 0 Å². The molecule has 0 fully saturated rings. The second-order valence-electron chi connectivity index (χ2n) is 6.76. The Kier molecular flexibility index (Phi) is 7.57. The summed E-state index contributed by atoms with van der Waals surface area (Å²) in [5, 5.41) is 7.05. The molecule has 158 valence electrons. The van der Waals surface area contributed by atoms with Crippen molar-refractivity contribution >= 4 is 5.91 Å². The van der Waals surface area contributed by atoms with Gasteiger partial charge in [-0.2, -0.15) is 5.10 Å². The molecular weight excluding hydrogens is 383 g/mol. The quantitative estimate of drug-likeness (QED) is 0.554.